The predicted molar refractivity (Wildman–Crippen MR) is 89.9 cm³/mol. The second kappa shape index (κ2) is 7.62. The molecule has 1 aromatic rings. The maximum atomic E-state index is 4.52. The zero-order chi connectivity index (χ0) is 15.2. The Hall–Kier alpha value is -1.32. The van der Waals surface area contributed by atoms with E-state index in [9.17, 15) is 0 Å². The van der Waals surface area contributed by atoms with E-state index in [4.69, 9.17) is 0 Å². The lowest BCUT2D eigenvalue weighted by atomic mass is 9.87. The molecule has 0 saturated heterocycles. The highest BCUT2D eigenvalue weighted by Crippen LogP contribution is 2.31. The minimum Gasteiger partial charge on any atom is -0.370 e. The van der Waals surface area contributed by atoms with Gasteiger partial charge in [0, 0.05) is 18.2 Å². The summed E-state index contributed by atoms with van der Waals surface area (Å²) in [6, 6.07) is 0.563. The fourth-order valence-corrected chi connectivity index (χ4v) is 3.04. The van der Waals surface area contributed by atoms with Crippen molar-refractivity contribution in [3.63, 3.8) is 0 Å². The first-order valence-corrected chi connectivity index (χ1v) is 8.47. The van der Waals surface area contributed by atoms with E-state index in [2.05, 4.69) is 48.3 Å². The van der Waals surface area contributed by atoms with Crippen LogP contribution >= 0.6 is 0 Å². The normalized spacial score (nSPS) is 22.3. The molecule has 0 unspecified atom stereocenters. The summed E-state index contributed by atoms with van der Waals surface area (Å²) < 4.78 is 0. The number of anilines is 2. The molecule has 4 nitrogen and oxygen atoms in total. The van der Waals surface area contributed by atoms with Crippen LogP contribution in [0.1, 0.15) is 71.3 Å². The zero-order valence-corrected chi connectivity index (χ0v) is 13.9. The third-order valence-electron chi connectivity index (χ3n) is 4.36. The topological polar surface area (TPSA) is 49.8 Å². The molecule has 2 rings (SSSR count). The van der Waals surface area contributed by atoms with E-state index in [0.29, 0.717) is 12.0 Å². The third kappa shape index (κ3) is 4.32. The Morgan fingerprint density at radius 3 is 2.43 bits per heavy atom. The van der Waals surface area contributed by atoms with E-state index in [-0.39, 0.29) is 0 Å². The van der Waals surface area contributed by atoms with Crippen molar-refractivity contribution in [2.45, 2.75) is 71.8 Å². The van der Waals surface area contributed by atoms with Crippen molar-refractivity contribution >= 4 is 11.6 Å². The maximum Gasteiger partial charge on any atom is 0.135 e. The van der Waals surface area contributed by atoms with Crippen LogP contribution in [-0.2, 0) is 0 Å². The van der Waals surface area contributed by atoms with E-state index >= 15 is 0 Å². The van der Waals surface area contributed by atoms with Crippen LogP contribution in [-0.4, -0.2) is 22.6 Å². The molecule has 4 heteroatoms. The molecular formula is C17H30N4. The molecule has 21 heavy (non-hydrogen) atoms. The van der Waals surface area contributed by atoms with Gasteiger partial charge in [-0.2, -0.15) is 0 Å². The lowest BCUT2D eigenvalue weighted by Crippen LogP contribution is -2.26. The summed E-state index contributed by atoms with van der Waals surface area (Å²) in [5.74, 6) is 3.31. The fraction of sp³-hybridized carbons (Fsp3) is 0.765. The van der Waals surface area contributed by atoms with E-state index in [0.717, 1.165) is 30.5 Å². The molecule has 1 fully saturated rings. The molecule has 1 aliphatic carbocycles. The highest BCUT2D eigenvalue weighted by Gasteiger charge is 2.21. The largest absolute Gasteiger partial charge is 0.370 e. The van der Waals surface area contributed by atoms with E-state index in [1.54, 1.807) is 6.33 Å². The lowest BCUT2D eigenvalue weighted by Gasteiger charge is -2.28. The summed E-state index contributed by atoms with van der Waals surface area (Å²) >= 11 is 0. The Morgan fingerprint density at radius 2 is 1.81 bits per heavy atom. The molecular weight excluding hydrogens is 260 g/mol. The minimum atomic E-state index is 0.413. The molecule has 0 amide bonds. The second-order valence-electron chi connectivity index (χ2n) is 6.67. The van der Waals surface area contributed by atoms with Gasteiger partial charge in [0.2, 0.25) is 0 Å². The molecule has 1 saturated carbocycles. The SMILES string of the molecule is CCCNc1ncnc(NC2CCC(C)CC2)c1C(C)C. The molecule has 0 bridgehead atoms. The van der Waals surface area contributed by atoms with Gasteiger partial charge in [-0.05, 0) is 43.9 Å². The Bertz CT molecular complexity index is 436. The fourth-order valence-electron chi connectivity index (χ4n) is 3.04. The first-order valence-electron chi connectivity index (χ1n) is 8.47. The van der Waals surface area contributed by atoms with E-state index in [1.807, 2.05) is 0 Å². The Morgan fingerprint density at radius 1 is 1.14 bits per heavy atom. The van der Waals surface area contributed by atoms with Crippen molar-refractivity contribution in [3.8, 4) is 0 Å². The lowest BCUT2D eigenvalue weighted by molar-refractivity contribution is 0.360. The summed E-state index contributed by atoms with van der Waals surface area (Å²) in [4.78, 5) is 8.96. The Balaban J connectivity index is 2.14. The van der Waals surface area contributed by atoms with Gasteiger partial charge in [0.25, 0.3) is 0 Å². The van der Waals surface area contributed by atoms with Crippen LogP contribution in [0.15, 0.2) is 6.33 Å². The minimum absolute atomic E-state index is 0.413. The summed E-state index contributed by atoms with van der Waals surface area (Å²) in [5, 5.41) is 7.11. The third-order valence-corrected chi connectivity index (χ3v) is 4.36. The van der Waals surface area contributed by atoms with E-state index in [1.165, 1.54) is 31.2 Å². The average Bonchev–Trinajstić information content (AvgIpc) is 2.47. The summed E-state index contributed by atoms with van der Waals surface area (Å²) in [5.41, 5.74) is 1.23. The summed E-state index contributed by atoms with van der Waals surface area (Å²) in [6.45, 7) is 9.91. The predicted octanol–water partition coefficient (Wildman–Crippen LogP) is 4.41. The quantitative estimate of drug-likeness (QED) is 0.814. The number of aromatic nitrogens is 2. The highest BCUT2D eigenvalue weighted by atomic mass is 15.1. The van der Waals surface area contributed by atoms with Crippen molar-refractivity contribution in [1.82, 2.24) is 9.97 Å². The second-order valence-corrected chi connectivity index (χ2v) is 6.67. The van der Waals surface area contributed by atoms with Crippen molar-refractivity contribution in [2.75, 3.05) is 17.2 Å². The van der Waals surface area contributed by atoms with Gasteiger partial charge >= 0.3 is 0 Å². The Kier molecular flexibility index (Phi) is 5.83. The van der Waals surface area contributed by atoms with Crippen molar-refractivity contribution in [2.24, 2.45) is 5.92 Å². The maximum absolute atomic E-state index is 4.52. The smallest absolute Gasteiger partial charge is 0.135 e. The first kappa shape index (κ1) is 16.1. The van der Waals surface area contributed by atoms with Gasteiger partial charge in [-0.3, -0.25) is 0 Å². The van der Waals surface area contributed by atoms with E-state index < -0.39 is 0 Å². The molecule has 0 aromatic carbocycles. The molecule has 0 spiro atoms. The number of hydrogen-bond donors (Lipinski definition) is 2. The molecule has 0 radical (unpaired) electrons. The van der Waals surface area contributed by atoms with Crippen LogP contribution in [0.5, 0.6) is 0 Å². The van der Waals surface area contributed by atoms with Gasteiger partial charge < -0.3 is 10.6 Å². The van der Waals surface area contributed by atoms with Gasteiger partial charge in [0.1, 0.15) is 18.0 Å². The first-order chi connectivity index (χ1) is 10.1. The van der Waals surface area contributed by atoms with Crippen molar-refractivity contribution in [3.05, 3.63) is 11.9 Å². The molecule has 0 aliphatic heterocycles. The van der Waals surface area contributed by atoms with Crippen LogP contribution in [0.2, 0.25) is 0 Å². The summed E-state index contributed by atoms with van der Waals surface area (Å²) in [7, 11) is 0. The number of rotatable bonds is 6. The molecule has 118 valence electrons. The van der Waals surface area contributed by atoms with Crippen LogP contribution in [0, 0.1) is 5.92 Å². The van der Waals surface area contributed by atoms with Crippen LogP contribution in [0.4, 0.5) is 11.6 Å². The number of nitrogens with one attached hydrogen (secondary N) is 2. The molecule has 1 aliphatic rings. The van der Waals surface area contributed by atoms with Gasteiger partial charge in [0.15, 0.2) is 0 Å². The van der Waals surface area contributed by atoms with Gasteiger partial charge in [0.05, 0.1) is 0 Å². The molecule has 1 heterocycles. The molecule has 1 aromatic heterocycles. The highest BCUT2D eigenvalue weighted by molar-refractivity contribution is 5.59. The molecule has 2 N–H and O–H groups in total. The Labute approximate surface area is 129 Å². The standard InChI is InChI=1S/C17H30N4/c1-5-10-18-16-15(12(2)3)17(20-11-19-16)21-14-8-6-13(4)7-9-14/h11-14H,5-10H2,1-4H3,(H2,18,19,20,21). The zero-order valence-electron chi connectivity index (χ0n) is 13.9. The van der Waals surface area contributed by atoms with Crippen LogP contribution < -0.4 is 10.6 Å². The van der Waals surface area contributed by atoms with Crippen molar-refractivity contribution in [1.29, 1.82) is 0 Å². The van der Waals surface area contributed by atoms with Gasteiger partial charge in [-0.15, -0.1) is 0 Å². The van der Waals surface area contributed by atoms with Gasteiger partial charge in [-0.25, -0.2) is 9.97 Å². The average molecular weight is 290 g/mol. The number of hydrogen-bond acceptors (Lipinski definition) is 4. The van der Waals surface area contributed by atoms with Crippen LogP contribution in [0.3, 0.4) is 0 Å². The monoisotopic (exact) mass is 290 g/mol. The van der Waals surface area contributed by atoms with Crippen molar-refractivity contribution < 1.29 is 0 Å². The van der Waals surface area contributed by atoms with Gasteiger partial charge in [-0.1, -0.05) is 27.7 Å². The summed E-state index contributed by atoms with van der Waals surface area (Å²) in [6.07, 6.45) is 7.92. The van der Waals surface area contributed by atoms with Crippen LogP contribution in [0.25, 0.3) is 0 Å². The number of nitrogens with zero attached hydrogens (tertiary/aromatic N) is 2. The molecule has 0 atom stereocenters.